The van der Waals surface area contributed by atoms with Gasteiger partial charge in [0.15, 0.2) is 17.3 Å². The van der Waals surface area contributed by atoms with E-state index in [1.54, 1.807) is 30.5 Å². The minimum absolute atomic E-state index is 0.133. The number of halogens is 3. The Morgan fingerprint density at radius 1 is 1.00 bits per heavy atom. The van der Waals surface area contributed by atoms with Crippen molar-refractivity contribution in [3.8, 4) is 11.5 Å². The number of nitrogen functional groups attached to an aromatic ring is 1. The summed E-state index contributed by atoms with van der Waals surface area (Å²) in [4.78, 5) is 4.30. The van der Waals surface area contributed by atoms with Crippen LogP contribution in [0.5, 0.6) is 11.5 Å². The molecule has 0 aliphatic carbocycles. The molecule has 2 aromatic carbocycles. The zero-order valence-corrected chi connectivity index (χ0v) is 13.8. The third kappa shape index (κ3) is 2.87. The highest BCUT2D eigenvalue weighted by atomic mass is 79.9. The van der Waals surface area contributed by atoms with Crippen LogP contribution in [-0.4, -0.2) is 4.98 Å². The van der Waals surface area contributed by atoms with Gasteiger partial charge in [0.2, 0.25) is 0 Å². The van der Waals surface area contributed by atoms with Crippen LogP contribution in [0.15, 0.2) is 51.5 Å². The molecule has 0 aliphatic rings. The van der Waals surface area contributed by atoms with Crippen LogP contribution >= 0.6 is 31.9 Å². The predicted molar refractivity (Wildman–Crippen MR) is 88.0 cm³/mol. The summed E-state index contributed by atoms with van der Waals surface area (Å²) in [5.74, 6) is 0.133. The standard InChI is InChI=1S/C15H9Br2FN2O/c16-8-1-3-13(11(18)6-8)21-14-4-2-12(19)10-5-9(17)7-20-15(10)14/h1-7H,19H2. The molecular weight excluding hydrogens is 403 g/mol. The van der Waals surface area contributed by atoms with Gasteiger partial charge in [-0.1, -0.05) is 15.9 Å². The number of aromatic nitrogens is 1. The van der Waals surface area contributed by atoms with Crippen LogP contribution < -0.4 is 10.5 Å². The largest absolute Gasteiger partial charge is 0.452 e. The Morgan fingerprint density at radius 2 is 1.76 bits per heavy atom. The van der Waals surface area contributed by atoms with Crippen LogP contribution in [0.1, 0.15) is 0 Å². The van der Waals surface area contributed by atoms with Crippen LogP contribution in [0.2, 0.25) is 0 Å². The molecule has 0 saturated heterocycles. The van der Waals surface area contributed by atoms with E-state index in [1.807, 2.05) is 6.07 Å². The molecule has 0 fully saturated rings. The van der Waals surface area contributed by atoms with Gasteiger partial charge in [-0.2, -0.15) is 0 Å². The van der Waals surface area contributed by atoms with Gasteiger partial charge in [-0.3, -0.25) is 4.98 Å². The second-order valence-corrected chi connectivity index (χ2v) is 6.21. The Balaban J connectivity index is 2.11. The molecule has 106 valence electrons. The molecule has 6 heteroatoms. The third-order valence-electron chi connectivity index (χ3n) is 2.93. The highest BCUT2D eigenvalue weighted by molar-refractivity contribution is 9.10. The number of pyridine rings is 1. The van der Waals surface area contributed by atoms with E-state index in [9.17, 15) is 4.39 Å². The first-order chi connectivity index (χ1) is 10.0. The quantitative estimate of drug-likeness (QED) is 0.584. The summed E-state index contributed by atoms with van der Waals surface area (Å²) >= 11 is 6.56. The lowest BCUT2D eigenvalue weighted by Crippen LogP contribution is -1.94. The van der Waals surface area contributed by atoms with E-state index in [4.69, 9.17) is 10.5 Å². The molecule has 2 N–H and O–H groups in total. The molecule has 0 unspecified atom stereocenters. The Bertz CT molecular complexity index is 839. The number of rotatable bonds is 2. The molecule has 0 aliphatic heterocycles. The van der Waals surface area contributed by atoms with Crippen LogP contribution in [0.4, 0.5) is 10.1 Å². The molecule has 21 heavy (non-hydrogen) atoms. The Kier molecular flexibility index (Phi) is 3.82. The summed E-state index contributed by atoms with van der Waals surface area (Å²) in [5, 5.41) is 0.749. The van der Waals surface area contributed by atoms with Crippen molar-refractivity contribution in [2.45, 2.75) is 0 Å². The van der Waals surface area contributed by atoms with E-state index in [0.717, 1.165) is 9.86 Å². The summed E-state index contributed by atoms with van der Waals surface area (Å²) in [7, 11) is 0. The maximum absolute atomic E-state index is 13.9. The lowest BCUT2D eigenvalue weighted by molar-refractivity contribution is 0.445. The summed E-state index contributed by atoms with van der Waals surface area (Å²) in [5.41, 5.74) is 7.11. The number of ether oxygens (including phenoxy) is 1. The monoisotopic (exact) mass is 410 g/mol. The maximum Gasteiger partial charge on any atom is 0.166 e. The van der Waals surface area contributed by atoms with Crippen molar-refractivity contribution in [3.63, 3.8) is 0 Å². The van der Waals surface area contributed by atoms with Crippen molar-refractivity contribution in [1.82, 2.24) is 4.98 Å². The molecule has 0 atom stereocenters. The van der Waals surface area contributed by atoms with Crippen molar-refractivity contribution < 1.29 is 9.13 Å². The van der Waals surface area contributed by atoms with E-state index < -0.39 is 5.82 Å². The van der Waals surface area contributed by atoms with E-state index in [2.05, 4.69) is 36.8 Å². The highest BCUT2D eigenvalue weighted by Gasteiger charge is 2.11. The minimum atomic E-state index is -0.452. The van der Waals surface area contributed by atoms with Crippen LogP contribution in [-0.2, 0) is 0 Å². The van der Waals surface area contributed by atoms with Gasteiger partial charge >= 0.3 is 0 Å². The minimum Gasteiger partial charge on any atom is -0.452 e. The van der Waals surface area contributed by atoms with Gasteiger partial charge in [-0.25, -0.2) is 4.39 Å². The molecule has 3 nitrogen and oxygen atoms in total. The van der Waals surface area contributed by atoms with Crippen LogP contribution in [0.25, 0.3) is 10.9 Å². The maximum atomic E-state index is 13.9. The molecule has 0 bridgehead atoms. The number of nitrogens with zero attached hydrogens (tertiary/aromatic N) is 1. The molecule has 0 radical (unpaired) electrons. The summed E-state index contributed by atoms with van der Waals surface area (Å²) in [6, 6.07) is 9.85. The van der Waals surface area contributed by atoms with Crippen molar-refractivity contribution >= 4 is 48.5 Å². The average Bonchev–Trinajstić information content (AvgIpc) is 2.45. The van der Waals surface area contributed by atoms with E-state index in [1.165, 1.54) is 6.07 Å². The summed E-state index contributed by atoms with van der Waals surface area (Å²) in [6.45, 7) is 0. The van der Waals surface area contributed by atoms with E-state index >= 15 is 0 Å². The first kappa shape index (κ1) is 14.3. The molecule has 1 heterocycles. The lowest BCUT2D eigenvalue weighted by Gasteiger charge is -2.11. The second kappa shape index (κ2) is 5.61. The van der Waals surface area contributed by atoms with Gasteiger partial charge in [-0.05, 0) is 52.3 Å². The molecule has 1 aromatic heterocycles. The number of anilines is 1. The number of hydrogen-bond donors (Lipinski definition) is 1. The third-order valence-corrected chi connectivity index (χ3v) is 3.85. The number of nitrogens with two attached hydrogens (primary N) is 1. The molecule has 3 rings (SSSR count). The predicted octanol–water partition coefficient (Wildman–Crippen LogP) is 5.27. The Hall–Kier alpha value is -1.66. The Morgan fingerprint density at radius 3 is 2.52 bits per heavy atom. The second-order valence-electron chi connectivity index (χ2n) is 4.38. The van der Waals surface area contributed by atoms with Gasteiger partial charge in [0, 0.05) is 26.2 Å². The van der Waals surface area contributed by atoms with Gasteiger partial charge in [-0.15, -0.1) is 0 Å². The van der Waals surface area contributed by atoms with Crippen molar-refractivity contribution in [2.24, 2.45) is 0 Å². The topological polar surface area (TPSA) is 48.1 Å². The molecular formula is C15H9Br2FN2O. The Labute approximate surface area is 137 Å². The van der Waals surface area contributed by atoms with Gasteiger partial charge < -0.3 is 10.5 Å². The fourth-order valence-corrected chi connectivity index (χ4v) is 2.61. The number of benzene rings is 2. The zero-order valence-electron chi connectivity index (χ0n) is 10.6. The number of fused-ring (bicyclic) bond motifs is 1. The van der Waals surface area contributed by atoms with Gasteiger partial charge in [0.25, 0.3) is 0 Å². The van der Waals surface area contributed by atoms with E-state index in [0.29, 0.717) is 21.4 Å². The van der Waals surface area contributed by atoms with Crippen molar-refractivity contribution in [1.29, 1.82) is 0 Å². The highest BCUT2D eigenvalue weighted by Crippen LogP contribution is 2.34. The SMILES string of the molecule is Nc1ccc(Oc2ccc(Br)cc2F)c2ncc(Br)cc12. The average molecular weight is 412 g/mol. The smallest absolute Gasteiger partial charge is 0.166 e. The summed E-state index contributed by atoms with van der Waals surface area (Å²) in [6.07, 6.45) is 1.65. The molecule has 3 aromatic rings. The van der Waals surface area contributed by atoms with Crippen LogP contribution in [0, 0.1) is 5.82 Å². The molecule has 0 amide bonds. The fourth-order valence-electron chi connectivity index (χ4n) is 1.95. The van der Waals surface area contributed by atoms with Crippen molar-refractivity contribution in [2.75, 3.05) is 5.73 Å². The first-order valence-corrected chi connectivity index (χ1v) is 7.60. The lowest BCUT2D eigenvalue weighted by atomic mass is 10.1. The van der Waals surface area contributed by atoms with Crippen LogP contribution in [0.3, 0.4) is 0 Å². The first-order valence-electron chi connectivity index (χ1n) is 6.01. The van der Waals surface area contributed by atoms with Gasteiger partial charge in [0.05, 0.1) is 0 Å². The normalized spacial score (nSPS) is 10.8. The number of hydrogen-bond acceptors (Lipinski definition) is 3. The molecule has 0 saturated carbocycles. The fraction of sp³-hybridized carbons (Fsp3) is 0. The van der Waals surface area contributed by atoms with Gasteiger partial charge in [0.1, 0.15) is 5.52 Å². The van der Waals surface area contributed by atoms with Crippen molar-refractivity contribution in [3.05, 3.63) is 57.4 Å². The zero-order chi connectivity index (χ0) is 15.0. The summed E-state index contributed by atoms with van der Waals surface area (Å²) < 4.78 is 21.0. The van der Waals surface area contributed by atoms with E-state index in [-0.39, 0.29) is 5.75 Å². The molecule has 0 spiro atoms.